The van der Waals surface area contributed by atoms with Gasteiger partial charge in [0.25, 0.3) is 0 Å². The molecule has 1 amide bonds. The summed E-state index contributed by atoms with van der Waals surface area (Å²) in [6.07, 6.45) is 3.21. The third-order valence-electron chi connectivity index (χ3n) is 3.30. The number of carbonyl (C=O) groups is 2. The zero-order chi connectivity index (χ0) is 17.0. The normalized spacial score (nSPS) is 11.7. The predicted molar refractivity (Wildman–Crippen MR) is 94.9 cm³/mol. The molecule has 1 heterocycles. The molecule has 1 aromatic heterocycles. The third-order valence-corrected chi connectivity index (χ3v) is 4.06. The maximum Gasteiger partial charge on any atom is 0.250 e. The number of hydrogen-bond donors (Lipinski definition) is 1. The summed E-state index contributed by atoms with van der Waals surface area (Å²) >= 11 is 1.23. The average Bonchev–Trinajstić information content (AvgIpc) is 2.93. The fourth-order valence-electron chi connectivity index (χ4n) is 1.91. The summed E-state index contributed by atoms with van der Waals surface area (Å²) in [7, 11) is 0. The summed E-state index contributed by atoms with van der Waals surface area (Å²) in [4.78, 5) is 27.1. The molecule has 0 aliphatic rings. The highest BCUT2D eigenvalue weighted by Gasteiger charge is 2.12. The first-order valence-corrected chi connectivity index (χ1v) is 8.20. The van der Waals surface area contributed by atoms with Crippen LogP contribution in [-0.2, 0) is 10.2 Å². The quantitative estimate of drug-likeness (QED) is 0.672. The fraction of sp³-hybridized carbons (Fsp3) is 0.278. The molecule has 0 aliphatic carbocycles. The van der Waals surface area contributed by atoms with Crippen LogP contribution in [-0.4, -0.2) is 16.7 Å². The number of Topliss-reactive ketones (excluding diaryl/α,β-unsaturated/α-hetero) is 1. The maximum absolute atomic E-state index is 11.9. The van der Waals surface area contributed by atoms with Crippen LogP contribution in [0.4, 0.5) is 5.13 Å². The number of benzene rings is 1. The van der Waals surface area contributed by atoms with Crippen molar-refractivity contribution < 1.29 is 9.59 Å². The summed E-state index contributed by atoms with van der Waals surface area (Å²) in [5.74, 6) is -0.384. The van der Waals surface area contributed by atoms with Gasteiger partial charge in [0.05, 0.1) is 0 Å². The lowest BCUT2D eigenvalue weighted by molar-refractivity contribution is -0.111. The van der Waals surface area contributed by atoms with Crippen molar-refractivity contribution in [3.05, 3.63) is 52.5 Å². The van der Waals surface area contributed by atoms with Crippen molar-refractivity contribution >= 4 is 34.2 Å². The largest absolute Gasteiger partial charge is 0.298 e. The van der Waals surface area contributed by atoms with Crippen LogP contribution in [0.3, 0.4) is 0 Å². The molecule has 0 saturated carbocycles. The summed E-state index contributed by atoms with van der Waals surface area (Å²) < 4.78 is 0. The van der Waals surface area contributed by atoms with Gasteiger partial charge in [-0.05, 0) is 22.6 Å². The van der Waals surface area contributed by atoms with Crippen molar-refractivity contribution in [2.45, 2.75) is 33.1 Å². The Morgan fingerprint density at radius 3 is 2.35 bits per heavy atom. The Morgan fingerprint density at radius 2 is 1.83 bits per heavy atom. The van der Waals surface area contributed by atoms with E-state index in [1.165, 1.54) is 29.9 Å². The second-order valence-corrected chi connectivity index (χ2v) is 7.15. The van der Waals surface area contributed by atoms with Crippen molar-refractivity contribution in [3.8, 4) is 0 Å². The van der Waals surface area contributed by atoms with Gasteiger partial charge < -0.3 is 0 Å². The average molecular weight is 328 g/mol. The van der Waals surface area contributed by atoms with Crippen LogP contribution in [0.25, 0.3) is 6.08 Å². The van der Waals surface area contributed by atoms with Gasteiger partial charge in [-0.15, -0.1) is 11.3 Å². The van der Waals surface area contributed by atoms with Gasteiger partial charge in [-0.25, -0.2) is 4.98 Å². The molecule has 4 nitrogen and oxygen atoms in total. The standard InChI is InChI=1S/C18H20N2O2S/c1-12(21)15-11-23-17(19-15)20-16(22)10-7-13-5-8-14(9-6-13)18(2,3)4/h5-11H,1-4H3,(H,19,20,22)/b10-7+. The topological polar surface area (TPSA) is 59.1 Å². The van der Waals surface area contributed by atoms with Crippen molar-refractivity contribution in [2.24, 2.45) is 0 Å². The van der Waals surface area contributed by atoms with Crippen molar-refractivity contribution in [1.82, 2.24) is 4.98 Å². The van der Waals surface area contributed by atoms with Crippen molar-refractivity contribution in [3.63, 3.8) is 0 Å². The van der Waals surface area contributed by atoms with E-state index in [9.17, 15) is 9.59 Å². The zero-order valence-electron chi connectivity index (χ0n) is 13.7. The Balaban J connectivity index is 1.99. The van der Waals surface area contributed by atoms with Gasteiger partial charge in [0, 0.05) is 18.4 Å². The summed E-state index contributed by atoms with van der Waals surface area (Å²) in [5.41, 5.74) is 2.68. The Bertz CT molecular complexity index is 737. The molecule has 0 saturated heterocycles. The molecular weight excluding hydrogens is 308 g/mol. The van der Waals surface area contributed by atoms with Gasteiger partial charge in [-0.1, -0.05) is 45.0 Å². The highest BCUT2D eigenvalue weighted by molar-refractivity contribution is 7.14. The second kappa shape index (κ2) is 6.87. The molecule has 120 valence electrons. The molecule has 0 spiro atoms. The van der Waals surface area contributed by atoms with E-state index in [2.05, 4.69) is 43.2 Å². The number of carbonyl (C=O) groups excluding carboxylic acids is 2. The van der Waals surface area contributed by atoms with Crippen LogP contribution in [0.15, 0.2) is 35.7 Å². The highest BCUT2D eigenvalue weighted by atomic mass is 32.1. The molecule has 0 radical (unpaired) electrons. The first-order valence-electron chi connectivity index (χ1n) is 7.32. The second-order valence-electron chi connectivity index (χ2n) is 6.29. The zero-order valence-corrected chi connectivity index (χ0v) is 14.5. The Kier molecular flexibility index (Phi) is 5.11. The van der Waals surface area contributed by atoms with Gasteiger partial charge in [0.15, 0.2) is 10.9 Å². The molecule has 1 N–H and O–H groups in total. The number of aromatic nitrogens is 1. The number of hydrogen-bond acceptors (Lipinski definition) is 4. The molecule has 0 atom stereocenters. The molecule has 0 aliphatic heterocycles. The summed E-state index contributed by atoms with van der Waals surface area (Å²) in [6.45, 7) is 7.93. The Hall–Kier alpha value is -2.27. The molecule has 23 heavy (non-hydrogen) atoms. The monoisotopic (exact) mass is 328 g/mol. The highest BCUT2D eigenvalue weighted by Crippen LogP contribution is 2.22. The molecule has 0 unspecified atom stereocenters. The van der Waals surface area contributed by atoms with E-state index in [-0.39, 0.29) is 17.1 Å². The maximum atomic E-state index is 11.9. The molecule has 1 aromatic carbocycles. The molecule has 2 rings (SSSR count). The van der Waals surface area contributed by atoms with Crippen LogP contribution in [0.5, 0.6) is 0 Å². The molecule has 0 fully saturated rings. The lowest BCUT2D eigenvalue weighted by Crippen LogP contribution is -2.10. The third kappa shape index (κ3) is 4.86. The number of nitrogens with one attached hydrogen (secondary N) is 1. The van der Waals surface area contributed by atoms with E-state index in [1.807, 2.05) is 12.1 Å². The first kappa shape index (κ1) is 17.1. The number of nitrogens with zero attached hydrogens (tertiary/aromatic N) is 1. The lowest BCUT2D eigenvalue weighted by Gasteiger charge is -2.18. The smallest absolute Gasteiger partial charge is 0.250 e. The van der Waals surface area contributed by atoms with Gasteiger partial charge in [0.1, 0.15) is 5.69 Å². The van der Waals surface area contributed by atoms with E-state index < -0.39 is 0 Å². The SMILES string of the molecule is CC(=O)c1csc(NC(=O)/C=C/c2ccc(C(C)(C)C)cc2)n1. The lowest BCUT2D eigenvalue weighted by atomic mass is 9.87. The predicted octanol–water partition coefficient (Wildman–Crippen LogP) is 4.30. The molecule has 2 aromatic rings. The molecule has 0 bridgehead atoms. The number of anilines is 1. The number of ketones is 1. The van der Waals surface area contributed by atoms with E-state index in [4.69, 9.17) is 0 Å². The van der Waals surface area contributed by atoms with Crippen LogP contribution in [0, 0.1) is 0 Å². The van der Waals surface area contributed by atoms with Gasteiger partial charge >= 0.3 is 0 Å². The Morgan fingerprint density at radius 1 is 1.17 bits per heavy atom. The van der Waals surface area contributed by atoms with Crippen LogP contribution in [0.2, 0.25) is 0 Å². The van der Waals surface area contributed by atoms with Gasteiger partial charge in [-0.3, -0.25) is 14.9 Å². The van der Waals surface area contributed by atoms with Gasteiger partial charge in [0.2, 0.25) is 5.91 Å². The minimum Gasteiger partial charge on any atom is -0.298 e. The summed E-state index contributed by atoms with van der Waals surface area (Å²) in [6, 6.07) is 8.11. The van der Waals surface area contributed by atoms with Crippen molar-refractivity contribution in [2.75, 3.05) is 5.32 Å². The van der Waals surface area contributed by atoms with Gasteiger partial charge in [-0.2, -0.15) is 0 Å². The number of amides is 1. The molecule has 5 heteroatoms. The Labute approximate surface area is 140 Å². The first-order chi connectivity index (χ1) is 10.8. The summed E-state index contributed by atoms with van der Waals surface area (Å²) in [5, 5.41) is 4.71. The van der Waals surface area contributed by atoms with Crippen molar-refractivity contribution in [1.29, 1.82) is 0 Å². The van der Waals surface area contributed by atoms with E-state index in [1.54, 1.807) is 11.5 Å². The van der Waals surface area contributed by atoms with E-state index >= 15 is 0 Å². The minimum absolute atomic E-state index is 0.110. The number of thiazole rings is 1. The number of rotatable bonds is 4. The van der Waals surface area contributed by atoms with Crippen LogP contribution < -0.4 is 5.32 Å². The van der Waals surface area contributed by atoms with E-state index in [0.717, 1.165) is 5.56 Å². The van der Waals surface area contributed by atoms with Crippen LogP contribution >= 0.6 is 11.3 Å². The fourth-order valence-corrected chi connectivity index (χ4v) is 2.66. The van der Waals surface area contributed by atoms with E-state index in [0.29, 0.717) is 10.8 Å². The molecular formula is C18H20N2O2S. The minimum atomic E-state index is -0.269. The van der Waals surface area contributed by atoms with Crippen LogP contribution in [0.1, 0.15) is 49.3 Å².